The van der Waals surface area contributed by atoms with E-state index in [2.05, 4.69) is 4.72 Å². The highest BCUT2D eigenvalue weighted by Gasteiger charge is 2.46. The van der Waals surface area contributed by atoms with Crippen LogP contribution in [0.1, 0.15) is 24.8 Å². The van der Waals surface area contributed by atoms with E-state index in [9.17, 15) is 17.6 Å². The molecule has 2 aromatic carbocycles. The standard InChI is InChI=1S/C18H18FNO4S/c1-2-24-12-7-9-13(10-8-12)25(22,23)20-18(21)16-11-15(16)14-5-3-4-6-17(14)19/h3-10,15-16H,2,11H2,1H3,(H,20,21). The maximum absolute atomic E-state index is 13.8. The highest BCUT2D eigenvalue weighted by molar-refractivity contribution is 7.90. The van der Waals surface area contributed by atoms with E-state index in [0.717, 1.165) is 0 Å². The van der Waals surface area contributed by atoms with Crippen molar-refractivity contribution in [3.63, 3.8) is 0 Å². The van der Waals surface area contributed by atoms with Crippen LogP contribution in [0.25, 0.3) is 0 Å². The summed E-state index contributed by atoms with van der Waals surface area (Å²) in [5.41, 5.74) is 0.445. The summed E-state index contributed by atoms with van der Waals surface area (Å²) in [4.78, 5) is 12.2. The fraction of sp³-hybridized carbons (Fsp3) is 0.278. The average Bonchev–Trinajstić information content (AvgIpc) is 3.36. The van der Waals surface area contributed by atoms with Crippen molar-refractivity contribution in [1.29, 1.82) is 0 Å². The summed E-state index contributed by atoms with van der Waals surface area (Å²) in [6, 6.07) is 12.0. The van der Waals surface area contributed by atoms with Gasteiger partial charge < -0.3 is 4.74 Å². The molecule has 2 aromatic rings. The van der Waals surface area contributed by atoms with E-state index < -0.39 is 21.8 Å². The summed E-state index contributed by atoms with van der Waals surface area (Å²) in [5, 5.41) is 0. The average molecular weight is 363 g/mol. The van der Waals surface area contributed by atoms with Crippen LogP contribution in [0.4, 0.5) is 4.39 Å². The van der Waals surface area contributed by atoms with Gasteiger partial charge in [0, 0.05) is 5.92 Å². The van der Waals surface area contributed by atoms with E-state index in [4.69, 9.17) is 4.74 Å². The minimum Gasteiger partial charge on any atom is -0.494 e. The number of amides is 1. The molecule has 0 spiro atoms. The number of carbonyl (C=O) groups excluding carboxylic acids is 1. The largest absolute Gasteiger partial charge is 0.494 e. The number of halogens is 1. The van der Waals surface area contributed by atoms with Crippen molar-refractivity contribution in [2.75, 3.05) is 6.61 Å². The number of carbonyl (C=O) groups is 1. The van der Waals surface area contributed by atoms with Crippen LogP contribution in [0.2, 0.25) is 0 Å². The molecule has 3 rings (SSSR count). The highest BCUT2D eigenvalue weighted by Crippen LogP contribution is 2.48. The lowest BCUT2D eigenvalue weighted by molar-refractivity contribution is -0.120. The van der Waals surface area contributed by atoms with Crippen LogP contribution < -0.4 is 9.46 Å². The van der Waals surface area contributed by atoms with Gasteiger partial charge in [-0.2, -0.15) is 0 Å². The monoisotopic (exact) mass is 363 g/mol. The number of hydrogen-bond donors (Lipinski definition) is 1. The van der Waals surface area contributed by atoms with Crippen LogP contribution in [0.5, 0.6) is 5.75 Å². The summed E-state index contributed by atoms with van der Waals surface area (Å²) in [6.07, 6.45) is 0.436. The molecule has 0 aromatic heterocycles. The van der Waals surface area contributed by atoms with Crippen LogP contribution in [0.3, 0.4) is 0 Å². The topological polar surface area (TPSA) is 72.5 Å². The molecule has 1 fully saturated rings. The summed E-state index contributed by atoms with van der Waals surface area (Å²) < 4.78 is 45.7. The van der Waals surface area contributed by atoms with Gasteiger partial charge in [0.05, 0.1) is 11.5 Å². The molecule has 25 heavy (non-hydrogen) atoms. The predicted octanol–water partition coefficient (Wildman–Crippen LogP) is 2.83. The van der Waals surface area contributed by atoms with Crippen LogP contribution >= 0.6 is 0 Å². The van der Waals surface area contributed by atoms with Gasteiger partial charge in [0.1, 0.15) is 11.6 Å². The lowest BCUT2D eigenvalue weighted by Crippen LogP contribution is -2.32. The summed E-state index contributed by atoms with van der Waals surface area (Å²) in [7, 11) is -3.96. The zero-order valence-electron chi connectivity index (χ0n) is 13.6. The Morgan fingerprint density at radius 3 is 2.52 bits per heavy atom. The maximum Gasteiger partial charge on any atom is 0.264 e. The molecule has 7 heteroatoms. The van der Waals surface area contributed by atoms with E-state index >= 15 is 0 Å². The molecule has 1 aliphatic rings. The van der Waals surface area contributed by atoms with Gasteiger partial charge in [0.2, 0.25) is 5.91 Å². The minimum absolute atomic E-state index is 0.0209. The van der Waals surface area contributed by atoms with Gasteiger partial charge in [-0.3, -0.25) is 4.79 Å². The number of hydrogen-bond acceptors (Lipinski definition) is 4. The molecular weight excluding hydrogens is 345 g/mol. The lowest BCUT2D eigenvalue weighted by atomic mass is 10.1. The number of ether oxygens (including phenoxy) is 1. The second-order valence-corrected chi connectivity index (χ2v) is 7.53. The molecule has 0 heterocycles. The van der Waals surface area contributed by atoms with Gasteiger partial charge in [-0.05, 0) is 55.2 Å². The second-order valence-electron chi connectivity index (χ2n) is 5.84. The molecule has 1 N–H and O–H groups in total. The first-order valence-electron chi connectivity index (χ1n) is 7.96. The molecule has 0 radical (unpaired) electrons. The third-order valence-corrected chi connectivity index (χ3v) is 5.47. The Hall–Kier alpha value is -2.41. The normalized spacial score (nSPS) is 19.3. The predicted molar refractivity (Wildman–Crippen MR) is 90.2 cm³/mol. The van der Waals surface area contributed by atoms with Gasteiger partial charge in [-0.25, -0.2) is 17.5 Å². The van der Waals surface area contributed by atoms with Gasteiger partial charge in [0.25, 0.3) is 10.0 Å². The molecule has 1 amide bonds. The number of benzene rings is 2. The fourth-order valence-electron chi connectivity index (χ4n) is 2.75. The molecule has 2 atom stereocenters. The van der Waals surface area contributed by atoms with E-state index in [1.54, 1.807) is 18.2 Å². The molecule has 2 unspecified atom stereocenters. The quantitative estimate of drug-likeness (QED) is 0.857. The SMILES string of the molecule is CCOc1ccc(S(=O)(=O)NC(=O)C2CC2c2ccccc2F)cc1. The first kappa shape index (κ1) is 17.4. The van der Waals surface area contributed by atoms with E-state index in [-0.39, 0.29) is 16.6 Å². The third kappa shape index (κ3) is 3.82. The molecule has 1 aliphatic carbocycles. The van der Waals surface area contributed by atoms with Crippen LogP contribution in [0.15, 0.2) is 53.4 Å². The fourth-order valence-corrected chi connectivity index (χ4v) is 3.78. The van der Waals surface area contributed by atoms with Crippen LogP contribution in [-0.2, 0) is 14.8 Å². The molecule has 0 saturated heterocycles. The Morgan fingerprint density at radius 2 is 1.88 bits per heavy atom. The van der Waals surface area contributed by atoms with Crippen molar-refractivity contribution in [2.45, 2.75) is 24.2 Å². The zero-order valence-corrected chi connectivity index (χ0v) is 14.4. The summed E-state index contributed by atoms with van der Waals surface area (Å²) in [6.45, 7) is 2.30. The molecular formula is C18H18FNO4S. The van der Waals surface area contributed by atoms with Gasteiger partial charge >= 0.3 is 0 Å². The van der Waals surface area contributed by atoms with Crippen molar-refractivity contribution >= 4 is 15.9 Å². The van der Waals surface area contributed by atoms with Crippen molar-refractivity contribution < 1.29 is 22.3 Å². The van der Waals surface area contributed by atoms with E-state index in [1.807, 2.05) is 6.92 Å². The van der Waals surface area contributed by atoms with Crippen molar-refractivity contribution in [2.24, 2.45) is 5.92 Å². The van der Waals surface area contributed by atoms with E-state index in [1.165, 1.54) is 30.3 Å². The summed E-state index contributed by atoms with van der Waals surface area (Å²) >= 11 is 0. The van der Waals surface area contributed by atoms with Crippen LogP contribution in [-0.4, -0.2) is 20.9 Å². The first-order chi connectivity index (χ1) is 11.9. The number of sulfonamides is 1. The smallest absolute Gasteiger partial charge is 0.264 e. The van der Waals surface area contributed by atoms with Crippen molar-refractivity contribution in [1.82, 2.24) is 4.72 Å². The third-order valence-electron chi connectivity index (χ3n) is 4.11. The van der Waals surface area contributed by atoms with Crippen molar-refractivity contribution in [3.8, 4) is 5.75 Å². The molecule has 1 saturated carbocycles. The van der Waals surface area contributed by atoms with Crippen LogP contribution in [0, 0.1) is 11.7 Å². The Labute approximate surface area is 145 Å². The summed E-state index contributed by atoms with van der Waals surface area (Å²) in [5.74, 6) is -1.25. The Morgan fingerprint density at radius 1 is 1.20 bits per heavy atom. The highest BCUT2D eigenvalue weighted by atomic mass is 32.2. The first-order valence-corrected chi connectivity index (χ1v) is 9.44. The number of nitrogens with one attached hydrogen (secondary N) is 1. The number of rotatable bonds is 6. The molecule has 0 bridgehead atoms. The molecule has 5 nitrogen and oxygen atoms in total. The Balaban J connectivity index is 1.67. The van der Waals surface area contributed by atoms with E-state index in [0.29, 0.717) is 24.3 Å². The van der Waals surface area contributed by atoms with Gasteiger partial charge in [-0.1, -0.05) is 18.2 Å². The minimum atomic E-state index is -3.96. The Kier molecular flexibility index (Phi) is 4.76. The maximum atomic E-state index is 13.8. The van der Waals surface area contributed by atoms with Gasteiger partial charge in [-0.15, -0.1) is 0 Å². The van der Waals surface area contributed by atoms with Gasteiger partial charge in [0.15, 0.2) is 0 Å². The Bertz CT molecular complexity index is 880. The zero-order chi connectivity index (χ0) is 18.0. The lowest BCUT2D eigenvalue weighted by Gasteiger charge is -2.08. The second kappa shape index (κ2) is 6.84. The molecule has 132 valence electrons. The van der Waals surface area contributed by atoms with Crippen molar-refractivity contribution in [3.05, 3.63) is 59.9 Å². The molecule has 0 aliphatic heterocycles.